The number of rotatable bonds is 2. The molecule has 1 rings (SSSR count). The van der Waals surface area contributed by atoms with E-state index in [1.54, 1.807) is 0 Å². The molecule has 114 valence electrons. The Bertz CT molecular complexity index is 475. The van der Waals surface area contributed by atoms with Gasteiger partial charge in [-0.05, 0) is 49.0 Å². The van der Waals surface area contributed by atoms with E-state index in [1.807, 2.05) is 14.1 Å². The first-order chi connectivity index (χ1) is 8.85. The van der Waals surface area contributed by atoms with Gasteiger partial charge in [0.05, 0.1) is 0 Å². The summed E-state index contributed by atoms with van der Waals surface area (Å²) in [7, 11) is 4.09. The van der Waals surface area contributed by atoms with Crippen LogP contribution in [0.1, 0.15) is 71.2 Å². The molecule has 1 atom stereocenters. The standard InChI is InChI=1S/C18H31NO/c1-12(19(8)9)14-10-13(17(2,3)4)11-15(16(14)20)18(5,6)7/h10-12,20H,1-9H3. The van der Waals surface area contributed by atoms with Crippen LogP contribution in [0.2, 0.25) is 0 Å². The molecular weight excluding hydrogens is 246 g/mol. The fourth-order valence-electron chi connectivity index (χ4n) is 2.26. The van der Waals surface area contributed by atoms with E-state index in [4.69, 9.17) is 0 Å². The van der Waals surface area contributed by atoms with Gasteiger partial charge in [-0.15, -0.1) is 0 Å². The molecule has 1 unspecified atom stereocenters. The van der Waals surface area contributed by atoms with Gasteiger partial charge in [0.25, 0.3) is 0 Å². The predicted molar refractivity (Wildman–Crippen MR) is 87.6 cm³/mol. The number of hydrogen-bond acceptors (Lipinski definition) is 2. The smallest absolute Gasteiger partial charge is 0.124 e. The average molecular weight is 277 g/mol. The molecule has 2 heteroatoms. The van der Waals surface area contributed by atoms with Gasteiger partial charge >= 0.3 is 0 Å². The quantitative estimate of drug-likeness (QED) is 0.853. The molecule has 0 fully saturated rings. The van der Waals surface area contributed by atoms with Crippen molar-refractivity contribution in [3.8, 4) is 5.75 Å². The SMILES string of the molecule is CC(c1cc(C(C)(C)C)cc(C(C)(C)C)c1O)N(C)C. The van der Waals surface area contributed by atoms with E-state index in [1.165, 1.54) is 5.56 Å². The molecule has 1 aromatic rings. The molecule has 0 radical (unpaired) electrons. The van der Waals surface area contributed by atoms with Crippen LogP contribution in [0.15, 0.2) is 12.1 Å². The van der Waals surface area contributed by atoms with Crippen molar-refractivity contribution < 1.29 is 5.11 Å². The molecule has 0 aromatic heterocycles. The van der Waals surface area contributed by atoms with E-state index in [2.05, 4.69) is 65.5 Å². The zero-order valence-corrected chi connectivity index (χ0v) is 14.6. The molecule has 20 heavy (non-hydrogen) atoms. The summed E-state index contributed by atoms with van der Waals surface area (Å²) in [5, 5.41) is 10.7. The second kappa shape index (κ2) is 5.40. The summed E-state index contributed by atoms with van der Waals surface area (Å²) in [5.41, 5.74) is 3.35. The molecule has 1 aromatic carbocycles. The van der Waals surface area contributed by atoms with Crippen molar-refractivity contribution >= 4 is 0 Å². The van der Waals surface area contributed by atoms with Gasteiger partial charge in [-0.2, -0.15) is 0 Å². The van der Waals surface area contributed by atoms with Gasteiger partial charge in [0.1, 0.15) is 5.75 Å². The Morgan fingerprint density at radius 1 is 0.950 bits per heavy atom. The van der Waals surface area contributed by atoms with Gasteiger partial charge in [0.15, 0.2) is 0 Å². The first-order valence-electron chi connectivity index (χ1n) is 7.40. The van der Waals surface area contributed by atoms with Crippen LogP contribution in [0.5, 0.6) is 5.75 Å². The highest BCUT2D eigenvalue weighted by molar-refractivity contribution is 5.49. The number of phenolic OH excluding ortho intramolecular Hbond substituents is 1. The lowest BCUT2D eigenvalue weighted by atomic mass is 9.78. The molecule has 0 saturated heterocycles. The summed E-state index contributed by atoms with van der Waals surface area (Å²) in [6.07, 6.45) is 0. The second-order valence-corrected chi connectivity index (χ2v) is 8.10. The van der Waals surface area contributed by atoms with Gasteiger partial charge in [-0.25, -0.2) is 0 Å². The van der Waals surface area contributed by atoms with Crippen molar-refractivity contribution in [3.05, 3.63) is 28.8 Å². The number of nitrogens with zero attached hydrogens (tertiary/aromatic N) is 1. The molecule has 0 aliphatic carbocycles. The molecule has 0 heterocycles. The minimum atomic E-state index is -0.0634. The zero-order chi connectivity index (χ0) is 15.9. The highest BCUT2D eigenvalue weighted by Gasteiger charge is 2.26. The second-order valence-electron chi connectivity index (χ2n) is 8.10. The Hall–Kier alpha value is -1.02. The molecule has 2 nitrogen and oxygen atoms in total. The highest BCUT2D eigenvalue weighted by Crippen LogP contribution is 2.40. The van der Waals surface area contributed by atoms with Crippen molar-refractivity contribution in [2.45, 2.75) is 65.3 Å². The Morgan fingerprint density at radius 2 is 1.45 bits per heavy atom. The van der Waals surface area contributed by atoms with Gasteiger partial charge in [-0.1, -0.05) is 47.6 Å². The monoisotopic (exact) mass is 277 g/mol. The highest BCUT2D eigenvalue weighted by atomic mass is 16.3. The lowest BCUT2D eigenvalue weighted by Crippen LogP contribution is -2.21. The third-order valence-corrected chi connectivity index (χ3v) is 4.04. The third-order valence-electron chi connectivity index (χ3n) is 4.04. The normalized spacial score (nSPS) is 14.7. The van der Waals surface area contributed by atoms with E-state index in [9.17, 15) is 5.11 Å². The summed E-state index contributed by atoms with van der Waals surface area (Å²) < 4.78 is 0. The average Bonchev–Trinajstić information content (AvgIpc) is 2.24. The summed E-state index contributed by atoms with van der Waals surface area (Å²) in [5.74, 6) is 0.451. The van der Waals surface area contributed by atoms with E-state index in [-0.39, 0.29) is 16.9 Å². The molecule has 0 amide bonds. The van der Waals surface area contributed by atoms with Crippen LogP contribution in [-0.4, -0.2) is 24.1 Å². The van der Waals surface area contributed by atoms with Gasteiger partial charge in [0.2, 0.25) is 0 Å². The van der Waals surface area contributed by atoms with Crippen molar-refractivity contribution in [2.75, 3.05) is 14.1 Å². The number of hydrogen-bond donors (Lipinski definition) is 1. The van der Waals surface area contributed by atoms with Crippen LogP contribution in [0, 0.1) is 0 Å². The molecule has 0 aliphatic rings. The Labute approximate surface area is 124 Å². The minimum absolute atomic E-state index is 0.0634. The van der Waals surface area contributed by atoms with Crippen LogP contribution in [0.4, 0.5) is 0 Å². The predicted octanol–water partition coefficient (Wildman–Crippen LogP) is 4.61. The number of benzene rings is 1. The maximum absolute atomic E-state index is 10.7. The molecule has 0 aliphatic heterocycles. The van der Waals surface area contributed by atoms with Crippen LogP contribution in [0.25, 0.3) is 0 Å². The van der Waals surface area contributed by atoms with Crippen LogP contribution in [0.3, 0.4) is 0 Å². The lowest BCUT2D eigenvalue weighted by molar-refractivity contribution is 0.309. The van der Waals surface area contributed by atoms with E-state index in [0.717, 1.165) is 11.1 Å². The maximum atomic E-state index is 10.7. The van der Waals surface area contributed by atoms with Crippen LogP contribution < -0.4 is 0 Å². The first kappa shape index (κ1) is 17.0. The Morgan fingerprint density at radius 3 is 1.80 bits per heavy atom. The van der Waals surface area contributed by atoms with E-state index in [0.29, 0.717) is 5.75 Å². The zero-order valence-electron chi connectivity index (χ0n) is 14.6. The van der Waals surface area contributed by atoms with Crippen LogP contribution in [-0.2, 0) is 10.8 Å². The largest absolute Gasteiger partial charge is 0.507 e. The molecular formula is C18H31NO. The van der Waals surface area contributed by atoms with Crippen molar-refractivity contribution in [1.29, 1.82) is 0 Å². The summed E-state index contributed by atoms with van der Waals surface area (Å²) in [6, 6.07) is 4.52. The maximum Gasteiger partial charge on any atom is 0.124 e. The first-order valence-corrected chi connectivity index (χ1v) is 7.40. The molecule has 1 N–H and O–H groups in total. The molecule has 0 bridgehead atoms. The fraction of sp³-hybridized carbons (Fsp3) is 0.667. The third kappa shape index (κ3) is 3.54. The topological polar surface area (TPSA) is 23.5 Å². The summed E-state index contributed by atoms with van der Waals surface area (Å²) >= 11 is 0. The number of phenols is 1. The number of aromatic hydroxyl groups is 1. The van der Waals surface area contributed by atoms with E-state index < -0.39 is 0 Å². The minimum Gasteiger partial charge on any atom is -0.507 e. The van der Waals surface area contributed by atoms with Gasteiger partial charge in [0, 0.05) is 11.6 Å². The summed E-state index contributed by atoms with van der Waals surface area (Å²) in [4.78, 5) is 2.13. The van der Waals surface area contributed by atoms with Gasteiger partial charge in [-0.3, -0.25) is 0 Å². The molecule has 0 spiro atoms. The lowest BCUT2D eigenvalue weighted by Gasteiger charge is -2.30. The fourth-order valence-corrected chi connectivity index (χ4v) is 2.26. The Balaban J connectivity index is 3.60. The van der Waals surface area contributed by atoms with Crippen molar-refractivity contribution in [3.63, 3.8) is 0 Å². The van der Waals surface area contributed by atoms with Crippen molar-refractivity contribution in [1.82, 2.24) is 4.90 Å². The Kier molecular flexibility index (Phi) is 4.60. The summed E-state index contributed by atoms with van der Waals surface area (Å²) in [6.45, 7) is 15.2. The van der Waals surface area contributed by atoms with E-state index >= 15 is 0 Å². The van der Waals surface area contributed by atoms with Crippen LogP contribution >= 0.6 is 0 Å². The molecule has 0 saturated carbocycles. The van der Waals surface area contributed by atoms with Crippen molar-refractivity contribution in [2.24, 2.45) is 0 Å². The van der Waals surface area contributed by atoms with Gasteiger partial charge < -0.3 is 10.0 Å².